The Kier molecular flexibility index (Phi) is 5.25. The zero-order valence-corrected chi connectivity index (χ0v) is 13.3. The predicted molar refractivity (Wildman–Crippen MR) is 83.7 cm³/mol. The van der Waals surface area contributed by atoms with E-state index in [1.54, 1.807) is 7.11 Å². The molecule has 0 saturated carbocycles. The average molecular weight is 327 g/mol. The number of benzene rings is 1. The molecule has 3 nitrogen and oxygen atoms in total. The van der Waals surface area contributed by atoms with Gasteiger partial charge in [-0.2, -0.15) is 0 Å². The van der Waals surface area contributed by atoms with E-state index in [4.69, 9.17) is 10.5 Å². The van der Waals surface area contributed by atoms with Crippen molar-refractivity contribution in [3.05, 3.63) is 28.2 Å². The van der Waals surface area contributed by atoms with Gasteiger partial charge < -0.3 is 15.4 Å². The van der Waals surface area contributed by atoms with Gasteiger partial charge in [0.05, 0.1) is 11.8 Å². The van der Waals surface area contributed by atoms with Crippen molar-refractivity contribution in [2.45, 2.75) is 38.3 Å². The maximum absolute atomic E-state index is 6.01. The van der Waals surface area contributed by atoms with Crippen LogP contribution in [0.5, 0.6) is 0 Å². The first kappa shape index (κ1) is 14.8. The number of ether oxygens (including phenoxy) is 1. The number of hydrogen-bond donors (Lipinski definition) is 1. The third-order valence-corrected chi connectivity index (χ3v) is 4.49. The van der Waals surface area contributed by atoms with Gasteiger partial charge in [0.2, 0.25) is 0 Å². The van der Waals surface area contributed by atoms with E-state index in [0.29, 0.717) is 6.10 Å². The van der Waals surface area contributed by atoms with Crippen LogP contribution in [0.2, 0.25) is 0 Å². The lowest BCUT2D eigenvalue weighted by molar-refractivity contribution is 0.121. The minimum Gasteiger partial charge on any atom is -0.380 e. The molecular formula is C15H23BrN2O. The van der Waals surface area contributed by atoms with Gasteiger partial charge in [0.15, 0.2) is 0 Å². The first-order valence-corrected chi connectivity index (χ1v) is 7.75. The Morgan fingerprint density at radius 1 is 1.53 bits per heavy atom. The number of methoxy groups -OCH3 is 1. The molecule has 2 rings (SSSR count). The van der Waals surface area contributed by atoms with Crippen LogP contribution < -0.4 is 10.6 Å². The Morgan fingerprint density at radius 3 is 2.89 bits per heavy atom. The lowest BCUT2D eigenvalue weighted by atomic mass is 10.0. The Bertz CT molecular complexity index is 425. The van der Waals surface area contributed by atoms with E-state index in [-0.39, 0.29) is 6.04 Å². The maximum Gasteiger partial charge on any atom is 0.0762 e. The molecule has 1 saturated heterocycles. The van der Waals surface area contributed by atoms with E-state index >= 15 is 0 Å². The van der Waals surface area contributed by atoms with Gasteiger partial charge in [-0.05, 0) is 52.9 Å². The van der Waals surface area contributed by atoms with Crippen molar-refractivity contribution in [2.24, 2.45) is 5.73 Å². The first-order chi connectivity index (χ1) is 9.13. The quantitative estimate of drug-likeness (QED) is 0.904. The van der Waals surface area contributed by atoms with Crippen LogP contribution in [0, 0.1) is 0 Å². The van der Waals surface area contributed by atoms with Crippen molar-refractivity contribution in [1.29, 1.82) is 0 Å². The van der Waals surface area contributed by atoms with Gasteiger partial charge in [-0.15, -0.1) is 0 Å². The molecular weight excluding hydrogens is 304 g/mol. The molecule has 1 aliphatic rings. The summed E-state index contributed by atoms with van der Waals surface area (Å²) >= 11 is 3.69. The SMILES string of the molecule is CCC(N)Cc1ccc(N2CCC(OC)C2)c(Br)c1. The van der Waals surface area contributed by atoms with Gasteiger partial charge in [-0.1, -0.05) is 13.0 Å². The summed E-state index contributed by atoms with van der Waals surface area (Å²) < 4.78 is 6.58. The minimum absolute atomic E-state index is 0.252. The molecule has 1 aliphatic heterocycles. The Morgan fingerprint density at radius 2 is 2.32 bits per heavy atom. The summed E-state index contributed by atoms with van der Waals surface area (Å²) in [5.41, 5.74) is 8.57. The molecule has 1 aromatic rings. The van der Waals surface area contributed by atoms with Crippen molar-refractivity contribution in [3.8, 4) is 0 Å². The molecule has 19 heavy (non-hydrogen) atoms. The summed E-state index contributed by atoms with van der Waals surface area (Å²) in [6.07, 6.45) is 3.42. The van der Waals surface area contributed by atoms with Crippen molar-refractivity contribution in [3.63, 3.8) is 0 Å². The van der Waals surface area contributed by atoms with E-state index in [0.717, 1.165) is 36.8 Å². The Labute approximate surface area is 124 Å². The third kappa shape index (κ3) is 3.71. The van der Waals surface area contributed by atoms with Crippen LogP contribution in [-0.2, 0) is 11.2 Å². The summed E-state index contributed by atoms with van der Waals surface area (Å²) in [4.78, 5) is 2.38. The van der Waals surface area contributed by atoms with Crippen LogP contribution >= 0.6 is 15.9 Å². The maximum atomic E-state index is 6.01. The van der Waals surface area contributed by atoms with Crippen LogP contribution in [0.15, 0.2) is 22.7 Å². The summed E-state index contributed by atoms with van der Waals surface area (Å²) in [5.74, 6) is 0. The van der Waals surface area contributed by atoms with Crippen LogP contribution in [0.1, 0.15) is 25.3 Å². The largest absolute Gasteiger partial charge is 0.380 e. The minimum atomic E-state index is 0.252. The molecule has 4 heteroatoms. The fourth-order valence-electron chi connectivity index (χ4n) is 2.52. The van der Waals surface area contributed by atoms with E-state index in [1.807, 2.05) is 0 Å². The van der Waals surface area contributed by atoms with Crippen LogP contribution in [0.25, 0.3) is 0 Å². The second kappa shape index (κ2) is 6.73. The van der Waals surface area contributed by atoms with Crippen LogP contribution in [0.4, 0.5) is 5.69 Å². The molecule has 1 fully saturated rings. The molecule has 0 spiro atoms. The lowest BCUT2D eigenvalue weighted by Crippen LogP contribution is -2.23. The van der Waals surface area contributed by atoms with Gasteiger partial charge in [-0.3, -0.25) is 0 Å². The van der Waals surface area contributed by atoms with Crippen molar-refractivity contribution in [2.75, 3.05) is 25.1 Å². The van der Waals surface area contributed by atoms with E-state index in [1.165, 1.54) is 11.3 Å². The highest BCUT2D eigenvalue weighted by Crippen LogP contribution is 2.30. The summed E-state index contributed by atoms with van der Waals surface area (Å²) in [7, 11) is 1.79. The van der Waals surface area contributed by atoms with E-state index < -0.39 is 0 Å². The standard InChI is InChI=1S/C15H23BrN2O/c1-3-12(17)8-11-4-5-15(14(16)9-11)18-7-6-13(10-18)19-2/h4-5,9,12-13H,3,6-8,10,17H2,1-2H3. The Balaban J connectivity index is 2.07. The number of nitrogens with two attached hydrogens (primary N) is 1. The molecule has 1 aromatic carbocycles. The summed E-state index contributed by atoms with van der Waals surface area (Å²) in [6.45, 7) is 4.16. The van der Waals surface area contributed by atoms with E-state index in [9.17, 15) is 0 Å². The summed E-state index contributed by atoms with van der Waals surface area (Å²) in [5, 5.41) is 0. The second-order valence-corrected chi connectivity index (χ2v) is 6.10. The first-order valence-electron chi connectivity index (χ1n) is 6.95. The fourth-order valence-corrected chi connectivity index (χ4v) is 3.20. The number of hydrogen-bond acceptors (Lipinski definition) is 3. The number of nitrogens with zero attached hydrogens (tertiary/aromatic N) is 1. The highest BCUT2D eigenvalue weighted by Gasteiger charge is 2.23. The predicted octanol–water partition coefficient (Wildman–Crippen LogP) is 2.95. The highest BCUT2D eigenvalue weighted by molar-refractivity contribution is 9.10. The van der Waals surface area contributed by atoms with Gasteiger partial charge in [0.25, 0.3) is 0 Å². The molecule has 0 bridgehead atoms. The van der Waals surface area contributed by atoms with Gasteiger partial charge in [0, 0.05) is 30.7 Å². The molecule has 2 atom stereocenters. The Hall–Kier alpha value is -0.580. The van der Waals surface area contributed by atoms with Crippen LogP contribution in [-0.4, -0.2) is 32.3 Å². The summed E-state index contributed by atoms with van der Waals surface area (Å²) in [6, 6.07) is 6.84. The molecule has 1 heterocycles. The van der Waals surface area contributed by atoms with Crippen LogP contribution in [0.3, 0.4) is 0 Å². The lowest BCUT2D eigenvalue weighted by Gasteiger charge is -2.21. The zero-order chi connectivity index (χ0) is 13.8. The molecule has 0 aromatic heterocycles. The van der Waals surface area contributed by atoms with Gasteiger partial charge in [-0.25, -0.2) is 0 Å². The third-order valence-electron chi connectivity index (χ3n) is 3.85. The normalized spacial score (nSPS) is 20.8. The second-order valence-electron chi connectivity index (χ2n) is 5.25. The topological polar surface area (TPSA) is 38.5 Å². The molecule has 106 valence electrons. The average Bonchev–Trinajstić information content (AvgIpc) is 2.87. The van der Waals surface area contributed by atoms with Gasteiger partial charge in [0.1, 0.15) is 0 Å². The molecule has 2 N–H and O–H groups in total. The van der Waals surface area contributed by atoms with Gasteiger partial charge >= 0.3 is 0 Å². The molecule has 2 unspecified atom stereocenters. The zero-order valence-electron chi connectivity index (χ0n) is 11.7. The monoisotopic (exact) mass is 326 g/mol. The van der Waals surface area contributed by atoms with Crippen molar-refractivity contribution < 1.29 is 4.74 Å². The van der Waals surface area contributed by atoms with Crippen molar-refractivity contribution >= 4 is 21.6 Å². The number of halogens is 1. The fraction of sp³-hybridized carbons (Fsp3) is 0.600. The highest BCUT2D eigenvalue weighted by atomic mass is 79.9. The van der Waals surface area contributed by atoms with E-state index in [2.05, 4.69) is 46.0 Å². The molecule has 0 aliphatic carbocycles. The molecule has 0 amide bonds. The van der Waals surface area contributed by atoms with Crippen molar-refractivity contribution in [1.82, 2.24) is 0 Å². The molecule has 0 radical (unpaired) electrons. The smallest absolute Gasteiger partial charge is 0.0762 e. The number of rotatable bonds is 5. The number of anilines is 1.